The van der Waals surface area contributed by atoms with Crippen molar-refractivity contribution in [1.29, 1.82) is 0 Å². The highest BCUT2D eigenvalue weighted by atomic mass is 79.9. The van der Waals surface area contributed by atoms with Gasteiger partial charge in [-0.25, -0.2) is 4.79 Å². The second kappa shape index (κ2) is 2.88. The van der Waals surface area contributed by atoms with Gasteiger partial charge in [0.05, 0.1) is 0 Å². The minimum atomic E-state index is -0.418. The third kappa shape index (κ3) is 1.45. The van der Waals surface area contributed by atoms with Crippen LogP contribution in [0.1, 0.15) is 0 Å². The smallest absolute Gasteiger partial charge is 0.350 e. The van der Waals surface area contributed by atoms with E-state index in [2.05, 4.69) is 15.9 Å². The van der Waals surface area contributed by atoms with Crippen LogP contribution in [0.3, 0.4) is 0 Å². The number of phenolic OH excluding ortho intramolecular Hbond substituents is 1. The summed E-state index contributed by atoms with van der Waals surface area (Å²) in [6, 6.07) is 6.17. The molecule has 0 saturated heterocycles. The van der Waals surface area contributed by atoms with Crippen molar-refractivity contribution in [2.24, 2.45) is 0 Å². The fourth-order valence-corrected chi connectivity index (χ4v) is 1.41. The van der Waals surface area contributed by atoms with Crippen LogP contribution in [0, 0.1) is 0 Å². The first kappa shape index (κ1) is 8.31. The summed E-state index contributed by atoms with van der Waals surface area (Å²) in [4.78, 5) is 11.0. The molecule has 0 aliphatic carbocycles. The van der Waals surface area contributed by atoms with E-state index in [1.807, 2.05) is 0 Å². The zero-order valence-corrected chi connectivity index (χ0v) is 8.04. The van der Waals surface area contributed by atoms with Crippen LogP contribution in [0.15, 0.2) is 37.9 Å². The number of benzene rings is 1. The minimum absolute atomic E-state index is 0.147. The Hall–Kier alpha value is -1.29. The van der Waals surface area contributed by atoms with Gasteiger partial charge in [-0.05, 0) is 40.2 Å². The largest absolute Gasteiger partial charge is 0.508 e. The van der Waals surface area contributed by atoms with E-state index in [1.54, 1.807) is 12.1 Å². The van der Waals surface area contributed by atoms with Crippen molar-refractivity contribution in [3.8, 4) is 5.75 Å². The van der Waals surface area contributed by atoms with Gasteiger partial charge in [0.2, 0.25) is 0 Å². The number of hydrogen-bond acceptors (Lipinski definition) is 3. The van der Waals surface area contributed by atoms with Gasteiger partial charge in [0.1, 0.15) is 15.8 Å². The van der Waals surface area contributed by atoms with Crippen LogP contribution in [0.25, 0.3) is 11.0 Å². The molecule has 1 aromatic carbocycles. The minimum Gasteiger partial charge on any atom is -0.508 e. The van der Waals surface area contributed by atoms with Gasteiger partial charge in [-0.1, -0.05) is 0 Å². The first-order valence-electron chi connectivity index (χ1n) is 3.59. The number of halogens is 1. The molecule has 0 bridgehead atoms. The van der Waals surface area contributed by atoms with E-state index < -0.39 is 5.63 Å². The summed E-state index contributed by atoms with van der Waals surface area (Å²) < 4.78 is 5.29. The molecule has 13 heavy (non-hydrogen) atoms. The van der Waals surface area contributed by atoms with Crippen LogP contribution >= 0.6 is 15.9 Å². The van der Waals surface area contributed by atoms with Crippen LogP contribution in [0.5, 0.6) is 5.75 Å². The third-order valence-corrected chi connectivity index (χ3v) is 2.23. The van der Waals surface area contributed by atoms with Crippen LogP contribution < -0.4 is 5.63 Å². The lowest BCUT2D eigenvalue weighted by Gasteiger charge is -1.97. The highest BCUT2D eigenvalue weighted by molar-refractivity contribution is 9.10. The maximum atomic E-state index is 11.0. The van der Waals surface area contributed by atoms with Crippen molar-refractivity contribution in [3.05, 3.63) is 39.2 Å². The quantitative estimate of drug-likeness (QED) is 0.719. The first-order chi connectivity index (χ1) is 6.16. The Bertz CT molecular complexity index is 516. The van der Waals surface area contributed by atoms with Gasteiger partial charge in [0.25, 0.3) is 0 Å². The van der Waals surface area contributed by atoms with Gasteiger partial charge in [0.15, 0.2) is 0 Å². The van der Waals surface area contributed by atoms with E-state index in [9.17, 15) is 4.79 Å². The second-order valence-corrected chi connectivity index (χ2v) is 3.46. The SMILES string of the molecule is O=c1oc2ccc(O)cc2cc1Br. The lowest BCUT2D eigenvalue weighted by atomic mass is 10.2. The van der Waals surface area contributed by atoms with Gasteiger partial charge >= 0.3 is 5.63 Å². The van der Waals surface area contributed by atoms with Gasteiger partial charge in [-0.2, -0.15) is 0 Å². The molecule has 66 valence electrons. The Kier molecular flexibility index (Phi) is 1.84. The maximum absolute atomic E-state index is 11.0. The molecular formula is C9H5BrO3. The summed E-state index contributed by atoms with van der Waals surface area (Å²) >= 11 is 3.05. The molecule has 0 aliphatic heterocycles. The molecule has 3 nitrogen and oxygen atoms in total. The molecule has 0 atom stereocenters. The molecule has 1 heterocycles. The molecular weight excluding hydrogens is 236 g/mol. The second-order valence-electron chi connectivity index (χ2n) is 2.60. The maximum Gasteiger partial charge on any atom is 0.350 e. The summed E-state index contributed by atoms with van der Waals surface area (Å²) in [5, 5.41) is 9.84. The third-order valence-electron chi connectivity index (χ3n) is 1.67. The molecule has 0 fully saturated rings. The summed E-state index contributed by atoms with van der Waals surface area (Å²) in [6.45, 7) is 0. The molecule has 0 unspecified atom stereocenters. The van der Waals surface area contributed by atoms with E-state index in [0.717, 1.165) is 0 Å². The molecule has 2 aromatic rings. The zero-order chi connectivity index (χ0) is 9.42. The van der Waals surface area contributed by atoms with E-state index >= 15 is 0 Å². The molecule has 0 spiro atoms. The summed E-state index contributed by atoms with van der Waals surface area (Å²) in [6.07, 6.45) is 0. The van der Waals surface area contributed by atoms with Crippen molar-refractivity contribution in [2.45, 2.75) is 0 Å². The number of rotatable bonds is 0. The predicted molar refractivity (Wildman–Crippen MR) is 51.8 cm³/mol. The van der Waals surface area contributed by atoms with Crippen LogP contribution in [0.2, 0.25) is 0 Å². The molecule has 0 aliphatic rings. The summed E-state index contributed by atoms with van der Waals surface area (Å²) in [5.41, 5.74) is 0.0455. The summed E-state index contributed by atoms with van der Waals surface area (Å²) in [5.74, 6) is 0.147. The molecule has 1 N–H and O–H groups in total. The van der Waals surface area contributed by atoms with Crippen molar-refractivity contribution in [3.63, 3.8) is 0 Å². The lowest BCUT2D eigenvalue weighted by molar-refractivity contribution is 0.475. The van der Waals surface area contributed by atoms with Gasteiger partial charge in [0, 0.05) is 5.39 Å². The van der Waals surface area contributed by atoms with E-state index in [-0.39, 0.29) is 5.75 Å². The topological polar surface area (TPSA) is 50.4 Å². The van der Waals surface area contributed by atoms with E-state index in [1.165, 1.54) is 12.1 Å². The molecule has 0 amide bonds. The highest BCUT2D eigenvalue weighted by Crippen LogP contribution is 2.20. The van der Waals surface area contributed by atoms with Crippen molar-refractivity contribution in [2.75, 3.05) is 0 Å². The molecule has 2 rings (SSSR count). The number of aromatic hydroxyl groups is 1. The fourth-order valence-electron chi connectivity index (χ4n) is 1.09. The van der Waals surface area contributed by atoms with Crippen LogP contribution in [-0.2, 0) is 0 Å². The monoisotopic (exact) mass is 240 g/mol. The Morgan fingerprint density at radius 3 is 2.85 bits per heavy atom. The normalized spacial score (nSPS) is 10.5. The Balaban J connectivity index is 2.89. The Labute approximate surface area is 81.7 Å². The van der Waals surface area contributed by atoms with Gasteiger partial charge in [-0.3, -0.25) is 0 Å². The number of fused-ring (bicyclic) bond motifs is 1. The van der Waals surface area contributed by atoms with Crippen LogP contribution in [-0.4, -0.2) is 5.11 Å². The standard InChI is InChI=1S/C9H5BrO3/c10-7-4-5-3-6(11)1-2-8(5)13-9(7)12/h1-4,11H. The highest BCUT2D eigenvalue weighted by Gasteiger charge is 2.02. The number of hydrogen-bond donors (Lipinski definition) is 1. The molecule has 1 aromatic heterocycles. The average molecular weight is 241 g/mol. The predicted octanol–water partition coefficient (Wildman–Crippen LogP) is 2.26. The van der Waals surface area contributed by atoms with Crippen molar-refractivity contribution < 1.29 is 9.52 Å². The molecule has 4 heteroatoms. The lowest BCUT2D eigenvalue weighted by Crippen LogP contribution is -1.98. The first-order valence-corrected chi connectivity index (χ1v) is 4.38. The van der Waals surface area contributed by atoms with E-state index in [4.69, 9.17) is 9.52 Å². The number of phenols is 1. The summed E-state index contributed by atoms with van der Waals surface area (Å²) in [7, 11) is 0. The zero-order valence-electron chi connectivity index (χ0n) is 6.45. The van der Waals surface area contributed by atoms with Crippen molar-refractivity contribution >= 4 is 26.9 Å². The average Bonchev–Trinajstić information content (AvgIpc) is 2.08. The van der Waals surface area contributed by atoms with Gasteiger partial charge in [-0.15, -0.1) is 0 Å². The molecule has 0 radical (unpaired) electrons. The van der Waals surface area contributed by atoms with E-state index in [0.29, 0.717) is 15.4 Å². The molecule has 0 saturated carbocycles. The van der Waals surface area contributed by atoms with Gasteiger partial charge < -0.3 is 9.52 Å². The van der Waals surface area contributed by atoms with Crippen molar-refractivity contribution in [1.82, 2.24) is 0 Å². The van der Waals surface area contributed by atoms with Crippen LogP contribution in [0.4, 0.5) is 0 Å². The Morgan fingerprint density at radius 2 is 2.08 bits per heavy atom. The fraction of sp³-hybridized carbons (Fsp3) is 0. The Morgan fingerprint density at radius 1 is 1.31 bits per heavy atom.